The molecular formula is C15H29N. The minimum absolute atomic E-state index is 1.06. The molecule has 0 fully saturated rings. The second-order valence-corrected chi connectivity index (χ2v) is 3.30. The van der Waals surface area contributed by atoms with Gasteiger partial charge < -0.3 is 4.90 Å². The van der Waals surface area contributed by atoms with Gasteiger partial charge in [0.2, 0.25) is 0 Å². The van der Waals surface area contributed by atoms with Gasteiger partial charge in [0.15, 0.2) is 0 Å². The first-order chi connectivity index (χ1) is 7.65. The molecule has 0 aliphatic carbocycles. The number of hydrogen-bond donors (Lipinski definition) is 0. The summed E-state index contributed by atoms with van der Waals surface area (Å²) in [5.41, 5.74) is 4.03. The zero-order valence-electron chi connectivity index (χ0n) is 12.4. The van der Waals surface area contributed by atoms with Crippen molar-refractivity contribution in [2.75, 3.05) is 18.5 Å². The summed E-state index contributed by atoms with van der Waals surface area (Å²) in [5.74, 6) is 0. The van der Waals surface area contributed by atoms with E-state index in [0.29, 0.717) is 0 Å². The zero-order valence-corrected chi connectivity index (χ0v) is 12.4. The topological polar surface area (TPSA) is 3.24 Å². The van der Waals surface area contributed by atoms with Gasteiger partial charge in [-0.3, -0.25) is 0 Å². The highest BCUT2D eigenvalue weighted by molar-refractivity contribution is 5.54. The lowest BCUT2D eigenvalue weighted by atomic mass is 10.1. The first kappa shape index (κ1) is 17.4. The third-order valence-electron chi connectivity index (χ3n) is 2.25. The Labute approximate surface area is 102 Å². The van der Waals surface area contributed by atoms with Gasteiger partial charge in [0, 0.05) is 19.3 Å². The van der Waals surface area contributed by atoms with Gasteiger partial charge in [-0.15, -0.1) is 0 Å². The Bertz CT molecular complexity index is 266. The molecule has 1 nitrogen and oxygen atoms in total. The Balaban J connectivity index is 0. The second kappa shape index (κ2) is 10.5. The average Bonchev–Trinajstić information content (AvgIpc) is 2.36. The van der Waals surface area contributed by atoms with Gasteiger partial charge in [0.05, 0.1) is 0 Å². The van der Waals surface area contributed by atoms with Gasteiger partial charge in [-0.2, -0.15) is 0 Å². The normalized spacial score (nSPS) is 8.25. The van der Waals surface area contributed by atoms with Crippen molar-refractivity contribution in [1.82, 2.24) is 0 Å². The Kier molecular flexibility index (Phi) is 11.5. The summed E-state index contributed by atoms with van der Waals surface area (Å²) in [7, 11) is 2.13. The van der Waals surface area contributed by atoms with Crippen molar-refractivity contribution in [3.63, 3.8) is 0 Å². The molecule has 1 aromatic rings. The van der Waals surface area contributed by atoms with Crippen LogP contribution < -0.4 is 4.90 Å². The van der Waals surface area contributed by atoms with Gasteiger partial charge in [0.25, 0.3) is 0 Å². The van der Waals surface area contributed by atoms with Gasteiger partial charge in [-0.1, -0.05) is 39.8 Å². The van der Waals surface area contributed by atoms with Crippen molar-refractivity contribution in [2.45, 2.75) is 48.5 Å². The van der Waals surface area contributed by atoms with Crippen molar-refractivity contribution in [3.05, 3.63) is 29.3 Å². The SMILES string of the molecule is CC.CC.CCN(C)c1cc(C)ccc1C. The molecule has 0 aromatic heterocycles. The first-order valence-corrected chi connectivity index (χ1v) is 6.43. The molecule has 0 bridgehead atoms. The Hall–Kier alpha value is -0.980. The molecule has 1 aromatic carbocycles. The molecule has 94 valence electrons. The summed E-state index contributed by atoms with van der Waals surface area (Å²) >= 11 is 0. The molecule has 0 heterocycles. The third-order valence-corrected chi connectivity index (χ3v) is 2.25. The fourth-order valence-corrected chi connectivity index (χ4v) is 1.30. The number of anilines is 1. The monoisotopic (exact) mass is 223 g/mol. The highest BCUT2D eigenvalue weighted by Gasteiger charge is 2.01. The summed E-state index contributed by atoms with van der Waals surface area (Å²) in [5, 5.41) is 0. The summed E-state index contributed by atoms with van der Waals surface area (Å²) in [4.78, 5) is 2.27. The van der Waals surface area contributed by atoms with E-state index in [9.17, 15) is 0 Å². The molecule has 0 aliphatic heterocycles. The fourth-order valence-electron chi connectivity index (χ4n) is 1.30. The Morgan fingerprint density at radius 2 is 1.50 bits per heavy atom. The number of hydrogen-bond acceptors (Lipinski definition) is 1. The Morgan fingerprint density at radius 1 is 1.00 bits per heavy atom. The predicted octanol–water partition coefficient (Wildman–Crippen LogP) is 4.81. The number of benzene rings is 1. The van der Waals surface area contributed by atoms with Crippen LogP contribution in [0.4, 0.5) is 5.69 Å². The maximum absolute atomic E-state index is 2.27. The molecule has 0 saturated heterocycles. The van der Waals surface area contributed by atoms with E-state index in [4.69, 9.17) is 0 Å². The molecule has 0 unspecified atom stereocenters. The van der Waals surface area contributed by atoms with Crippen molar-refractivity contribution in [2.24, 2.45) is 0 Å². The van der Waals surface area contributed by atoms with Crippen LogP contribution in [0.3, 0.4) is 0 Å². The molecule has 0 saturated carbocycles. The minimum Gasteiger partial charge on any atom is -0.375 e. The van der Waals surface area contributed by atoms with E-state index in [1.165, 1.54) is 16.8 Å². The van der Waals surface area contributed by atoms with Crippen LogP contribution in [-0.2, 0) is 0 Å². The van der Waals surface area contributed by atoms with E-state index in [1.54, 1.807) is 0 Å². The van der Waals surface area contributed by atoms with E-state index >= 15 is 0 Å². The van der Waals surface area contributed by atoms with Crippen molar-refractivity contribution in [3.8, 4) is 0 Å². The van der Waals surface area contributed by atoms with E-state index < -0.39 is 0 Å². The number of nitrogens with zero attached hydrogens (tertiary/aromatic N) is 1. The second-order valence-electron chi connectivity index (χ2n) is 3.30. The molecular weight excluding hydrogens is 194 g/mol. The number of rotatable bonds is 2. The molecule has 1 heteroatoms. The standard InChI is InChI=1S/C11H17N.2C2H6/c1-5-12(4)11-8-9(2)6-7-10(11)3;2*1-2/h6-8H,5H2,1-4H3;2*1-2H3. The highest BCUT2D eigenvalue weighted by Crippen LogP contribution is 2.19. The lowest BCUT2D eigenvalue weighted by molar-refractivity contribution is 0.959. The predicted molar refractivity (Wildman–Crippen MR) is 77.6 cm³/mol. The van der Waals surface area contributed by atoms with E-state index in [-0.39, 0.29) is 0 Å². The molecule has 0 N–H and O–H groups in total. The summed E-state index contributed by atoms with van der Waals surface area (Å²) < 4.78 is 0. The molecule has 0 aliphatic rings. The smallest absolute Gasteiger partial charge is 0.0395 e. The van der Waals surface area contributed by atoms with E-state index in [0.717, 1.165) is 6.54 Å². The van der Waals surface area contributed by atoms with E-state index in [2.05, 4.69) is 50.9 Å². The van der Waals surface area contributed by atoms with Crippen LogP contribution in [0.5, 0.6) is 0 Å². The van der Waals surface area contributed by atoms with Gasteiger partial charge in [-0.05, 0) is 38.0 Å². The van der Waals surface area contributed by atoms with Crippen LogP contribution in [0.15, 0.2) is 18.2 Å². The summed E-state index contributed by atoms with van der Waals surface area (Å²) in [6.45, 7) is 15.5. The van der Waals surface area contributed by atoms with Crippen molar-refractivity contribution >= 4 is 5.69 Å². The van der Waals surface area contributed by atoms with Crippen LogP contribution in [-0.4, -0.2) is 13.6 Å². The van der Waals surface area contributed by atoms with Crippen LogP contribution in [0.2, 0.25) is 0 Å². The molecule has 0 spiro atoms. The van der Waals surface area contributed by atoms with E-state index in [1.807, 2.05) is 27.7 Å². The number of aryl methyl sites for hydroxylation is 2. The van der Waals surface area contributed by atoms with Crippen molar-refractivity contribution < 1.29 is 0 Å². The largest absolute Gasteiger partial charge is 0.375 e. The lowest BCUT2D eigenvalue weighted by Gasteiger charge is -2.19. The molecule has 16 heavy (non-hydrogen) atoms. The van der Waals surface area contributed by atoms with Crippen LogP contribution >= 0.6 is 0 Å². The average molecular weight is 223 g/mol. The molecule has 0 radical (unpaired) electrons. The van der Waals surface area contributed by atoms with Crippen molar-refractivity contribution in [1.29, 1.82) is 0 Å². The molecule has 0 atom stereocenters. The highest BCUT2D eigenvalue weighted by atomic mass is 15.1. The minimum atomic E-state index is 1.06. The summed E-state index contributed by atoms with van der Waals surface area (Å²) in [6.07, 6.45) is 0. The maximum atomic E-state index is 2.27. The van der Waals surface area contributed by atoms with Crippen LogP contribution in [0, 0.1) is 13.8 Å². The molecule has 0 amide bonds. The van der Waals surface area contributed by atoms with Crippen LogP contribution in [0.25, 0.3) is 0 Å². The van der Waals surface area contributed by atoms with Gasteiger partial charge >= 0.3 is 0 Å². The Morgan fingerprint density at radius 3 is 1.94 bits per heavy atom. The summed E-state index contributed by atoms with van der Waals surface area (Å²) in [6, 6.07) is 6.57. The zero-order chi connectivity index (χ0) is 13.1. The van der Waals surface area contributed by atoms with Crippen LogP contribution in [0.1, 0.15) is 45.7 Å². The molecule has 1 rings (SSSR count). The fraction of sp³-hybridized carbons (Fsp3) is 0.600. The van der Waals surface area contributed by atoms with Gasteiger partial charge in [0.1, 0.15) is 0 Å². The first-order valence-electron chi connectivity index (χ1n) is 6.43. The van der Waals surface area contributed by atoms with Gasteiger partial charge in [-0.25, -0.2) is 0 Å². The quantitative estimate of drug-likeness (QED) is 0.695. The maximum Gasteiger partial charge on any atom is 0.0395 e. The third kappa shape index (κ3) is 5.79. The lowest BCUT2D eigenvalue weighted by Crippen LogP contribution is -2.16.